The number of nitrogens with zero attached hydrogens (tertiary/aromatic N) is 1. The van der Waals surface area contributed by atoms with Gasteiger partial charge in [-0.2, -0.15) is 0 Å². The Morgan fingerprint density at radius 2 is 2.12 bits per heavy atom. The topological polar surface area (TPSA) is 64.7 Å². The average molecular weight is 218 g/mol. The summed E-state index contributed by atoms with van der Waals surface area (Å²) in [6.45, 7) is 1.96. The molecule has 4 heteroatoms. The van der Waals surface area contributed by atoms with Gasteiger partial charge < -0.3 is 10.6 Å². The maximum atomic E-state index is 11.2. The molecular formula is C12H14N2O2. The van der Waals surface area contributed by atoms with Gasteiger partial charge in [-0.1, -0.05) is 35.5 Å². The number of hydrogen-bond acceptors (Lipinski definition) is 4. The van der Waals surface area contributed by atoms with Gasteiger partial charge >= 0.3 is 5.97 Å². The Labute approximate surface area is 94.4 Å². The first-order chi connectivity index (χ1) is 7.72. The summed E-state index contributed by atoms with van der Waals surface area (Å²) in [4.78, 5) is 15.8. The van der Waals surface area contributed by atoms with Gasteiger partial charge in [0.15, 0.2) is 0 Å². The van der Waals surface area contributed by atoms with Crippen molar-refractivity contribution in [1.82, 2.24) is 0 Å². The third kappa shape index (κ3) is 4.52. The first kappa shape index (κ1) is 12.1. The van der Waals surface area contributed by atoms with Gasteiger partial charge in [-0.3, -0.25) is 0 Å². The SMILES string of the molecule is CC(CN)=NOC(=O)C=Cc1ccccc1. The lowest BCUT2D eigenvalue weighted by atomic mass is 10.2. The third-order valence-corrected chi connectivity index (χ3v) is 1.80. The van der Waals surface area contributed by atoms with Crippen molar-refractivity contribution in [3.8, 4) is 0 Å². The van der Waals surface area contributed by atoms with Gasteiger partial charge in [0.1, 0.15) is 0 Å². The predicted octanol–water partition coefficient (Wildman–Crippen LogP) is 1.58. The summed E-state index contributed by atoms with van der Waals surface area (Å²) < 4.78 is 0. The van der Waals surface area contributed by atoms with Crippen LogP contribution in [0.3, 0.4) is 0 Å². The first-order valence-electron chi connectivity index (χ1n) is 4.90. The molecule has 1 rings (SSSR count). The summed E-state index contributed by atoms with van der Waals surface area (Å²) in [5.41, 5.74) is 6.78. The molecule has 1 aromatic carbocycles. The van der Waals surface area contributed by atoms with E-state index in [1.165, 1.54) is 6.08 Å². The van der Waals surface area contributed by atoms with Crippen molar-refractivity contribution in [2.24, 2.45) is 10.9 Å². The summed E-state index contributed by atoms with van der Waals surface area (Å²) >= 11 is 0. The minimum Gasteiger partial charge on any atom is -0.325 e. The maximum absolute atomic E-state index is 11.2. The molecule has 16 heavy (non-hydrogen) atoms. The van der Waals surface area contributed by atoms with E-state index in [1.54, 1.807) is 13.0 Å². The lowest BCUT2D eigenvalue weighted by molar-refractivity contribution is -0.137. The molecule has 84 valence electrons. The first-order valence-corrected chi connectivity index (χ1v) is 4.90. The van der Waals surface area contributed by atoms with E-state index in [-0.39, 0.29) is 6.54 Å². The van der Waals surface area contributed by atoms with Gasteiger partial charge in [0, 0.05) is 12.6 Å². The van der Waals surface area contributed by atoms with Crippen molar-refractivity contribution in [2.75, 3.05) is 6.54 Å². The zero-order valence-electron chi connectivity index (χ0n) is 9.09. The molecule has 0 fully saturated rings. The highest BCUT2D eigenvalue weighted by atomic mass is 16.7. The number of carbonyl (C=O) groups excluding carboxylic acids is 1. The number of hydrogen-bond donors (Lipinski definition) is 1. The van der Waals surface area contributed by atoms with E-state index in [4.69, 9.17) is 5.73 Å². The molecule has 0 aliphatic heterocycles. The fourth-order valence-corrected chi connectivity index (χ4v) is 0.919. The Bertz CT molecular complexity index is 397. The molecule has 0 atom stereocenters. The molecule has 2 N–H and O–H groups in total. The van der Waals surface area contributed by atoms with Crippen LogP contribution in [0.15, 0.2) is 41.6 Å². The van der Waals surface area contributed by atoms with E-state index in [0.29, 0.717) is 5.71 Å². The van der Waals surface area contributed by atoms with Crippen LogP contribution in [0, 0.1) is 0 Å². The van der Waals surface area contributed by atoms with Crippen molar-refractivity contribution < 1.29 is 9.63 Å². The monoisotopic (exact) mass is 218 g/mol. The molecule has 0 saturated heterocycles. The van der Waals surface area contributed by atoms with Crippen LogP contribution in [0.2, 0.25) is 0 Å². The molecule has 0 aliphatic rings. The van der Waals surface area contributed by atoms with Gasteiger partial charge in [-0.15, -0.1) is 0 Å². The van der Waals surface area contributed by atoms with E-state index < -0.39 is 5.97 Å². The molecule has 1 aromatic rings. The van der Waals surface area contributed by atoms with Crippen LogP contribution in [0.25, 0.3) is 6.08 Å². The highest BCUT2D eigenvalue weighted by Gasteiger charge is 1.95. The van der Waals surface area contributed by atoms with E-state index in [2.05, 4.69) is 9.99 Å². The number of oxime groups is 1. The van der Waals surface area contributed by atoms with Crippen LogP contribution >= 0.6 is 0 Å². The molecule has 4 nitrogen and oxygen atoms in total. The predicted molar refractivity (Wildman–Crippen MR) is 63.7 cm³/mol. The highest BCUT2D eigenvalue weighted by Crippen LogP contribution is 2.01. The van der Waals surface area contributed by atoms with Gasteiger partial charge in [-0.05, 0) is 18.6 Å². The zero-order valence-corrected chi connectivity index (χ0v) is 9.09. The number of nitrogens with two attached hydrogens (primary N) is 1. The standard InChI is InChI=1S/C12H14N2O2/c1-10(9-13)14-16-12(15)8-7-11-5-3-2-4-6-11/h2-8H,9,13H2,1H3. The van der Waals surface area contributed by atoms with Crippen molar-refractivity contribution >= 4 is 17.8 Å². The highest BCUT2D eigenvalue weighted by molar-refractivity contribution is 5.88. The summed E-state index contributed by atoms with van der Waals surface area (Å²) in [6.07, 6.45) is 2.98. The van der Waals surface area contributed by atoms with E-state index in [9.17, 15) is 4.79 Å². The quantitative estimate of drug-likeness (QED) is 0.361. The Kier molecular flexibility index (Phi) is 4.95. The molecule has 0 radical (unpaired) electrons. The smallest absolute Gasteiger partial charge is 0.325 e. The molecule has 0 bridgehead atoms. The Hall–Kier alpha value is -1.94. The number of benzene rings is 1. The summed E-state index contributed by atoms with van der Waals surface area (Å²) in [5, 5.41) is 3.55. The van der Waals surface area contributed by atoms with Crippen LogP contribution in [-0.4, -0.2) is 18.2 Å². The molecule has 0 heterocycles. The molecule has 0 unspecified atom stereocenters. The molecular weight excluding hydrogens is 204 g/mol. The van der Waals surface area contributed by atoms with Crippen LogP contribution < -0.4 is 5.73 Å². The third-order valence-electron chi connectivity index (χ3n) is 1.80. The number of carbonyl (C=O) groups is 1. The Morgan fingerprint density at radius 1 is 1.44 bits per heavy atom. The fraction of sp³-hybridized carbons (Fsp3) is 0.167. The normalized spacial score (nSPS) is 11.8. The average Bonchev–Trinajstić information content (AvgIpc) is 2.34. The van der Waals surface area contributed by atoms with E-state index in [0.717, 1.165) is 5.56 Å². The fourth-order valence-electron chi connectivity index (χ4n) is 0.919. The molecule has 0 spiro atoms. The van der Waals surface area contributed by atoms with Gasteiger partial charge in [-0.25, -0.2) is 4.79 Å². The number of rotatable bonds is 4. The Morgan fingerprint density at radius 3 is 2.75 bits per heavy atom. The van der Waals surface area contributed by atoms with E-state index >= 15 is 0 Å². The minimum absolute atomic E-state index is 0.273. The van der Waals surface area contributed by atoms with Crippen LogP contribution in [0.4, 0.5) is 0 Å². The van der Waals surface area contributed by atoms with Crippen molar-refractivity contribution in [1.29, 1.82) is 0 Å². The van der Waals surface area contributed by atoms with Gasteiger partial charge in [0.25, 0.3) is 0 Å². The van der Waals surface area contributed by atoms with Crippen LogP contribution in [-0.2, 0) is 9.63 Å². The molecule has 0 amide bonds. The second-order valence-corrected chi connectivity index (χ2v) is 3.19. The second kappa shape index (κ2) is 6.53. The summed E-state index contributed by atoms with van der Waals surface area (Å²) in [6, 6.07) is 9.46. The van der Waals surface area contributed by atoms with Crippen LogP contribution in [0.1, 0.15) is 12.5 Å². The molecule has 0 saturated carbocycles. The second-order valence-electron chi connectivity index (χ2n) is 3.19. The zero-order chi connectivity index (χ0) is 11.8. The van der Waals surface area contributed by atoms with Gasteiger partial charge in [0.2, 0.25) is 0 Å². The lowest BCUT2D eigenvalue weighted by Gasteiger charge is -1.94. The van der Waals surface area contributed by atoms with Crippen molar-refractivity contribution in [3.63, 3.8) is 0 Å². The molecule has 0 aliphatic carbocycles. The van der Waals surface area contributed by atoms with Crippen molar-refractivity contribution in [2.45, 2.75) is 6.92 Å². The maximum Gasteiger partial charge on any atom is 0.358 e. The molecule has 0 aromatic heterocycles. The summed E-state index contributed by atoms with van der Waals surface area (Å²) in [5.74, 6) is -0.517. The van der Waals surface area contributed by atoms with Crippen molar-refractivity contribution in [3.05, 3.63) is 42.0 Å². The summed E-state index contributed by atoms with van der Waals surface area (Å²) in [7, 11) is 0. The van der Waals surface area contributed by atoms with Crippen LogP contribution in [0.5, 0.6) is 0 Å². The van der Waals surface area contributed by atoms with Gasteiger partial charge in [0.05, 0.1) is 5.71 Å². The largest absolute Gasteiger partial charge is 0.358 e. The Balaban J connectivity index is 2.49. The lowest BCUT2D eigenvalue weighted by Crippen LogP contribution is -2.10. The van der Waals surface area contributed by atoms with E-state index in [1.807, 2.05) is 30.3 Å². The minimum atomic E-state index is -0.517.